The Morgan fingerprint density at radius 2 is 2.17 bits per heavy atom. The van der Waals surface area contributed by atoms with Gasteiger partial charge in [0.25, 0.3) is 5.91 Å². The Bertz CT molecular complexity index is 1040. The van der Waals surface area contributed by atoms with E-state index in [0.717, 1.165) is 5.69 Å². The Kier molecular flexibility index (Phi) is 5.33. The van der Waals surface area contributed by atoms with Crippen LogP contribution in [0.2, 0.25) is 5.02 Å². The van der Waals surface area contributed by atoms with Crippen LogP contribution in [0.3, 0.4) is 0 Å². The predicted molar refractivity (Wildman–Crippen MR) is 107 cm³/mol. The second kappa shape index (κ2) is 7.94. The summed E-state index contributed by atoms with van der Waals surface area (Å²) >= 11 is 5.77. The summed E-state index contributed by atoms with van der Waals surface area (Å²) in [6.45, 7) is 1.10. The summed E-state index contributed by atoms with van der Waals surface area (Å²) in [4.78, 5) is 38.9. The smallest absolute Gasteiger partial charge is 0.322 e. The van der Waals surface area contributed by atoms with Crippen molar-refractivity contribution >= 4 is 35.1 Å². The van der Waals surface area contributed by atoms with Crippen molar-refractivity contribution in [2.45, 2.75) is 19.5 Å². The number of carbonyl (C=O) groups excluding carboxylic acids is 3. The number of benzene rings is 1. The number of halogens is 2. The zero-order valence-corrected chi connectivity index (χ0v) is 16.9. The first-order chi connectivity index (χ1) is 14.4. The van der Waals surface area contributed by atoms with Crippen LogP contribution in [0.1, 0.15) is 21.7 Å². The van der Waals surface area contributed by atoms with Crippen molar-refractivity contribution in [1.82, 2.24) is 25.3 Å². The molecule has 158 valence electrons. The number of carbonyl (C=O) groups is 3. The molecule has 0 radical (unpaired) electrons. The minimum atomic E-state index is -0.569. The van der Waals surface area contributed by atoms with Crippen LogP contribution in [0.5, 0.6) is 0 Å². The zero-order valence-electron chi connectivity index (χ0n) is 16.2. The molecule has 1 atom stereocenters. The van der Waals surface area contributed by atoms with Crippen molar-refractivity contribution in [2.24, 2.45) is 5.92 Å². The molecule has 1 aromatic heterocycles. The molecule has 2 aliphatic rings. The van der Waals surface area contributed by atoms with Crippen molar-refractivity contribution in [3.05, 3.63) is 46.0 Å². The molecule has 0 saturated heterocycles. The van der Waals surface area contributed by atoms with Gasteiger partial charge in [0, 0.05) is 37.8 Å². The molecule has 0 saturated carbocycles. The van der Waals surface area contributed by atoms with Crippen LogP contribution in [0.4, 0.5) is 14.9 Å². The quantitative estimate of drug-likeness (QED) is 0.663. The third-order valence-corrected chi connectivity index (χ3v) is 5.58. The van der Waals surface area contributed by atoms with Crippen LogP contribution >= 0.6 is 11.6 Å². The maximum atomic E-state index is 13.3. The molecule has 2 aliphatic heterocycles. The van der Waals surface area contributed by atoms with Gasteiger partial charge in [-0.1, -0.05) is 11.6 Å². The van der Waals surface area contributed by atoms with Crippen LogP contribution in [-0.2, 0) is 24.3 Å². The lowest BCUT2D eigenvalue weighted by molar-refractivity contribution is -0.124. The highest BCUT2D eigenvalue weighted by molar-refractivity contribution is 6.31. The molecule has 30 heavy (non-hydrogen) atoms. The molecule has 4 amide bonds. The van der Waals surface area contributed by atoms with Gasteiger partial charge in [-0.3, -0.25) is 14.3 Å². The van der Waals surface area contributed by atoms with Crippen LogP contribution in [0.25, 0.3) is 0 Å². The molecule has 3 heterocycles. The summed E-state index contributed by atoms with van der Waals surface area (Å²) in [5.41, 5.74) is 2.16. The molecule has 0 bridgehead atoms. The van der Waals surface area contributed by atoms with Crippen LogP contribution in [0.15, 0.2) is 18.2 Å². The molecule has 1 aromatic carbocycles. The van der Waals surface area contributed by atoms with E-state index >= 15 is 0 Å². The zero-order chi connectivity index (χ0) is 21.4. The number of fused-ring (bicyclic) bond motifs is 3. The van der Waals surface area contributed by atoms with E-state index in [1.165, 1.54) is 18.2 Å². The lowest BCUT2D eigenvalue weighted by atomic mass is 10.1. The van der Waals surface area contributed by atoms with Gasteiger partial charge in [-0.15, -0.1) is 0 Å². The number of anilines is 1. The largest absolute Gasteiger partial charge is 0.359 e. The Balaban J connectivity index is 1.54. The number of hydrogen-bond donors (Lipinski definition) is 3. The van der Waals surface area contributed by atoms with Gasteiger partial charge in [0.05, 0.1) is 29.7 Å². The average Bonchev–Trinajstić information content (AvgIpc) is 3.01. The minimum Gasteiger partial charge on any atom is -0.359 e. The van der Waals surface area contributed by atoms with Gasteiger partial charge in [0.15, 0.2) is 0 Å². The van der Waals surface area contributed by atoms with Crippen LogP contribution in [-0.4, -0.2) is 52.7 Å². The lowest BCUT2D eigenvalue weighted by Crippen LogP contribution is -2.40. The Morgan fingerprint density at radius 1 is 1.37 bits per heavy atom. The minimum absolute atomic E-state index is 0.0852. The van der Waals surface area contributed by atoms with Crippen molar-refractivity contribution in [1.29, 1.82) is 0 Å². The number of nitrogens with zero attached hydrogens (tertiary/aromatic N) is 3. The number of aromatic nitrogens is 2. The van der Waals surface area contributed by atoms with Crippen LogP contribution < -0.4 is 16.0 Å². The standard InChI is InChI=1S/C19H20ClFN6O3/c1-22-17(28)10-7-23-18(29)16-12-9-26(5-4-15(12)25-27(16)8-10)19(30)24-11-2-3-14(21)13(20)6-11/h2-3,6,10H,4-5,7-9H2,1H3,(H,22,28)(H,23,29)(H,24,30). The highest BCUT2D eigenvalue weighted by atomic mass is 35.5. The van der Waals surface area contributed by atoms with Crippen molar-refractivity contribution < 1.29 is 18.8 Å². The first kappa shape index (κ1) is 20.1. The predicted octanol–water partition coefficient (Wildman–Crippen LogP) is 1.37. The van der Waals surface area contributed by atoms with Crippen LogP contribution in [0, 0.1) is 11.7 Å². The van der Waals surface area contributed by atoms with E-state index in [1.807, 2.05) is 0 Å². The highest BCUT2D eigenvalue weighted by Crippen LogP contribution is 2.26. The summed E-state index contributed by atoms with van der Waals surface area (Å²) in [6, 6.07) is 3.55. The first-order valence-corrected chi connectivity index (χ1v) is 9.84. The molecule has 0 spiro atoms. The Hall–Kier alpha value is -3.14. The third-order valence-electron chi connectivity index (χ3n) is 5.29. The van der Waals surface area contributed by atoms with Crippen molar-refractivity contribution in [3.8, 4) is 0 Å². The van der Waals surface area contributed by atoms with Crippen molar-refractivity contribution in [3.63, 3.8) is 0 Å². The third kappa shape index (κ3) is 3.70. The SMILES string of the molecule is CNC(=O)C1CNC(=O)c2c3c(nn2C1)CCN(C(=O)Nc1ccc(F)c(Cl)c1)C3. The van der Waals surface area contributed by atoms with Gasteiger partial charge in [-0.25, -0.2) is 9.18 Å². The van der Waals surface area contributed by atoms with E-state index in [2.05, 4.69) is 21.0 Å². The van der Waals surface area contributed by atoms with E-state index in [1.54, 1.807) is 16.6 Å². The summed E-state index contributed by atoms with van der Waals surface area (Å²) in [5.74, 6) is -1.48. The summed E-state index contributed by atoms with van der Waals surface area (Å²) in [5, 5.41) is 12.5. The summed E-state index contributed by atoms with van der Waals surface area (Å²) in [7, 11) is 1.55. The average molecular weight is 435 g/mol. The van der Waals surface area contributed by atoms with Crippen molar-refractivity contribution in [2.75, 3.05) is 25.5 Å². The maximum Gasteiger partial charge on any atom is 0.322 e. The van der Waals surface area contributed by atoms with E-state index in [9.17, 15) is 18.8 Å². The molecular weight excluding hydrogens is 415 g/mol. The Labute approximate surface area is 176 Å². The van der Waals surface area contributed by atoms with Gasteiger partial charge in [0.1, 0.15) is 11.5 Å². The lowest BCUT2D eigenvalue weighted by Gasteiger charge is -2.27. The number of urea groups is 1. The second-order valence-corrected chi connectivity index (χ2v) is 7.61. The van der Waals surface area contributed by atoms with Gasteiger partial charge >= 0.3 is 6.03 Å². The molecule has 9 nitrogen and oxygen atoms in total. The van der Waals surface area contributed by atoms with Gasteiger partial charge < -0.3 is 20.9 Å². The Morgan fingerprint density at radius 3 is 2.90 bits per heavy atom. The monoisotopic (exact) mass is 434 g/mol. The van der Waals surface area contributed by atoms with E-state index in [-0.39, 0.29) is 42.5 Å². The topological polar surface area (TPSA) is 108 Å². The number of rotatable bonds is 2. The van der Waals surface area contributed by atoms with Gasteiger partial charge in [-0.05, 0) is 18.2 Å². The van der Waals surface area contributed by atoms with Gasteiger partial charge in [-0.2, -0.15) is 5.10 Å². The molecule has 0 fully saturated rings. The molecule has 11 heteroatoms. The van der Waals surface area contributed by atoms with E-state index in [4.69, 9.17) is 11.6 Å². The van der Waals surface area contributed by atoms with Gasteiger partial charge in [0.2, 0.25) is 5.91 Å². The summed E-state index contributed by atoms with van der Waals surface area (Å²) in [6.07, 6.45) is 0.477. The van der Waals surface area contributed by atoms with E-state index < -0.39 is 11.7 Å². The molecule has 0 aliphatic carbocycles. The maximum absolute atomic E-state index is 13.3. The molecule has 3 N–H and O–H groups in total. The van der Waals surface area contributed by atoms with E-state index in [0.29, 0.717) is 29.9 Å². The number of hydrogen-bond acceptors (Lipinski definition) is 4. The first-order valence-electron chi connectivity index (χ1n) is 9.46. The fourth-order valence-corrected chi connectivity index (χ4v) is 3.90. The molecular formula is C19H20ClFN6O3. The fourth-order valence-electron chi connectivity index (χ4n) is 3.72. The normalized spacial score (nSPS) is 18.0. The summed E-state index contributed by atoms with van der Waals surface area (Å²) < 4.78 is 14.9. The molecule has 4 rings (SSSR count). The molecule has 1 unspecified atom stereocenters. The number of amides is 4. The highest BCUT2D eigenvalue weighted by Gasteiger charge is 2.34. The fraction of sp³-hybridized carbons (Fsp3) is 0.368. The molecule has 2 aromatic rings. The number of nitrogens with one attached hydrogen (secondary N) is 3. The second-order valence-electron chi connectivity index (χ2n) is 7.21.